The SMILES string of the molecule is [CH2]c1ccccc1NCc1ccc(F)c(F)c1. The van der Waals surface area contributed by atoms with Gasteiger partial charge in [0.15, 0.2) is 11.6 Å². The third-order valence-corrected chi connectivity index (χ3v) is 2.48. The Morgan fingerprint density at radius 3 is 2.47 bits per heavy atom. The number of hydrogen-bond acceptors (Lipinski definition) is 1. The van der Waals surface area contributed by atoms with Crippen LogP contribution in [0.2, 0.25) is 0 Å². The Balaban J connectivity index is 2.08. The summed E-state index contributed by atoms with van der Waals surface area (Å²) in [4.78, 5) is 0. The third kappa shape index (κ3) is 2.81. The van der Waals surface area contributed by atoms with Crippen LogP contribution in [-0.2, 0) is 6.54 Å². The van der Waals surface area contributed by atoms with Gasteiger partial charge in [-0.25, -0.2) is 8.78 Å². The average Bonchev–Trinajstić information content (AvgIpc) is 2.32. The molecule has 0 saturated carbocycles. The van der Waals surface area contributed by atoms with E-state index in [1.165, 1.54) is 6.07 Å². The summed E-state index contributed by atoms with van der Waals surface area (Å²) in [6.07, 6.45) is 0. The first-order valence-corrected chi connectivity index (χ1v) is 5.25. The minimum atomic E-state index is -0.827. The van der Waals surface area contributed by atoms with Gasteiger partial charge in [0.05, 0.1) is 0 Å². The lowest BCUT2D eigenvalue weighted by atomic mass is 10.1. The van der Waals surface area contributed by atoms with Gasteiger partial charge in [-0.3, -0.25) is 0 Å². The molecule has 0 atom stereocenters. The second-order valence-electron chi connectivity index (χ2n) is 3.76. The topological polar surface area (TPSA) is 12.0 Å². The predicted octanol–water partition coefficient (Wildman–Crippen LogP) is 3.76. The Hall–Kier alpha value is -1.90. The second-order valence-corrected chi connectivity index (χ2v) is 3.76. The largest absolute Gasteiger partial charge is 0.381 e. The van der Waals surface area contributed by atoms with Crippen LogP contribution in [0, 0.1) is 18.6 Å². The van der Waals surface area contributed by atoms with Gasteiger partial charge in [-0.2, -0.15) is 0 Å². The van der Waals surface area contributed by atoms with Gasteiger partial charge in [-0.1, -0.05) is 24.3 Å². The van der Waals surface area contributed by atoms with Crippen molar-refractivity contribution in [2.45, 2.75) is 6.54 Å². The number of para-hydroxylation sites is 1. The van der Waals surface area contributed by atoms with E-state index < -0.39 is 11.6 Å². The molecule has 0 aromatic heterocycles. The van der Waals surface area contributed by atoms with Crippen molar-refractivity contribution in [3.05, 3.63) is 72.1 Å². The van der Waals surface area contributed by atoms with Crippen molar-refractivity contribution >= 4 is 5.69 Å². The summed E-state index contributed by atoms with van der Waals surface area (Å²) >= 11 is 0. The number of anilines is 1. The Morgan fingerprint density at radius 2 is 1.76 bits per heavy atom. The molecule has 0 aliphatic carbocycles. The molecule has 0 aliphatic heterocycles. The van der Waals surface area contributed by atoms with Gasteiger partial charge in [0.2, 0.25) is 0 Å². The van der Waals surface area contributed by atoms with Crippen molar-refractivity contribution in [2.75, 3.05) is 5.32 Å². The molecule has 0 fully saturated rings. The van der Waals surface area contributed by atoms with E-state index in [1.54, 1.807) is 6.07 Å². The molecule has 0 unspecified atom stereocenters. The second kappa shape index (κ2) is 4.95. The van der Waals surface area contributed by atoms with Crippen LogP contribution in [0.5, 0.6) is 0 Å². The summed E-state index contributed by atoms with van der Waals surface area (Å²) in [5, 5.41) is 3.12. The molecule has 0 saturated heterocycles. The van der Waals surface area contributed by atoms with Gasteiger partial charge in [0.1, 0.15) is 0 Å². The van der Waals surface area contributed by atoms with Crippen LogP contribution in [-0.4, -0.2) is 0 Å². The molecular formula is C14H12F2N. The molecule has 0 heterocycles. The van der Waals surface area contributed by atoms with Gasteiger partial charge in [-0.15, -0.1) is 0 Å². The van der Waals surface area contributed by atoms with E-state index >= 15 is 0 Å². The molecule has 2 rings (SSSR count). The highest BCUT2D eigenvalue weighted by atomic mass is 19.2. The Morgan fingerprint density at radius 1 is 1.00 bits per heavy atom. The summed E-state index contributed by atoms with van der Waals surface area (Å²) in [6, 6.07) is 11.4. The molecule has 1 radical (unpaired) electrons. The van der Waals surface area contributed by atoms with Crippen molar-refractivity contribution < 1.29 is 8.78 Å². The maximum Gasteiger partial charge on any atom is 0.159 e. The summed E-state index contributed by atoms with van der Waals surface area (Å²) in [6.45, 7) is 4.30. The number of hydrogen-bond donors (Lipinski definition) is 1. The summed E-state index contributed by atoms with van der Waals surface area (Å²) in [5.74, 6) is -1.65. The molecule has 2 aromatic rings. The van der Waals surface area contributed by atoms with Crippen molar-refractivity contribution in [3.63, 3.8) is 0 Å². The maximum absolute atomic E-state index is 13.0. The molecule has 0 bridgehead atoms. The fourth-order valence-electron chi connectivity index (χ4n) is 1.54. The van der Waals surface area contributed by atoms with E-state index in [9.17, 15) is 8.78 Å². The molecular weight excluding hydrogens is 220 g/mol. The molecule has 0 spiro atoms. The van der Waals surface area contributed by atoms with Gasteiger partial charge in [-0.05, 0) is 36.2 Å². The Bertz CT molecular complexity index is 523. The van der Waals surface area contributed by atoms with Crippen molar-refractivity contribution in [2.24, 2.45) is 0 Å². The van der Waals surface area contributed by atoms with Crippen LogP contribution < -0.4 is 5.32 Å². The highest BCUT2D eigenvalue weighted by Crippen LogP contribution is 2.15. The normalized spacial score (nSPS) is 10.3. The van der Waals surface area contributed by atoms with Crippen LogP contribution in [0.15, 0.2) is 42.5 Å². The van der Waals surface area contributed by atoms with Gasteiger partial charge in [0, 0.05) is 12.2 Å². The Labute approximate surface area is 99.1 Å². The van der Waals surface area contributed by atoms with E-state index in [-0.39, 0.29) is 0 Å². The van der Waals surface area contributed by atoms with E-state index in [1.807, 2.05) is 24.3 Å². The molecule has 87 valence electrons. The lowest BCUT2D eigenvalue weighted by molar-refractivity contribution is 0.507. The molecule has 3 heteroatoms. The van der Waals surface area contributed by atoms with Crippen LogP contribution >= 0.6 is 0 Å². The highest BCUT2D eigenvalue weighted by molar-refractivity contribution is 5.52. The molecule has 1 N–H and O–H groups in total. The standard InChI is InChI=1S/C14H12F2N/c1-10-4-2-3-5-14(10)17-9-11-6-7-12(15)13(16)8-11/h2-8,17H,1,9H2. The van der Waals surface area contributed by atoms with Crippen molar-refractivity contribution in [3.8, 4) is 0 Å². The van der Waals surface area contributed by atoms with Crippen LogP contribution in [0.1, 0.15) is 11.1 Å². The zero-order valence-corrected chi connectivity index (χ0v) is 9.21. The number of nitrogens with one attached hydrogen (secondary N) is 1. The minimum absolute atomic E-state index is 0.434. The minimum Gasteiger partial charge on any atom is -0.381 e. The fourth-order valence-corrected chi connectivity index (χ4v) is 1.54. The first-order chi connectivity index (χ1) is 8.16. The summed E-state index contributed by atoms with van der Waals surface area (Å²) in [5.41, 5.74) is 2.44. The lowest BCUT2D eigenvalue weighted by Crippen LogP contribution is -2.01. The van der Waals surface area contributed by atoms with E-state index in [0.29, 0.717) is 12.1 Å². The molecule has 1 nitrogen and oxygen atoms in total. The van der Waals surface area contributed by atoms with Crippen LogP contribution in [0.25, 0.3) is 0 Å². The van der Waals surface area contributed by atoms with Gasteiger partial charge >= 0.3 is 0 Å². The van der Waals surface area contributed by atoms with E-state index in [2.05, 4.69) is 12.2 Å². The average molecular weight is 232 g/mol. The Kier molecular flexibility index (Phi) is 3.38. The van der Waals surface area contributed by atoms with Crippen LogP contribution in [0.3, 0.4) is 0 Å². The lowest BCUT2D eigenvalue weighted by Gasteiger charge is -2.09. The summed E-state index contributed by atoms with van der Waals surface area (Å²) in [7, 11) is 0. The molecule has 0 amide bonds. The maximum atomic E-state index is 13.0. The fraction of sp³-hybridized carbons (Fsp3) is 0.0714. The zero-order valence-electron chi connectivity index (χ0n) is 9.21. The number of halogens is 2. The van der Waals surface area contributed by atoms with Gasteiger partial charge < -0.3 is 5.32 Å². The molecule has 0 aliphatic rings. The molecule has 2 aromatic carbocycles. The number of benzene rings is 2. The van der Waals surface area contributed by atoms with Gasteiger partial charge in [0.25, 0.3) is 0 Å². The van der Waals surface area contributed by atoms with E-state index in [4.69, 9.17) is 0 Å². The van der Waals surface area contributed by atoms with Crippen LogP contribution in [0.4, 0.5) is 14.5 Å². The zero-order chi connectivity index (χ0) is 12.3. The highest BCUT2D eigenvalue weighted by Gasteiger charge is 2.02. The van der Waals surface area contributed by atoms with Crippen molar-refractivity contribution in [1.29, 1.82) is 0 Å². The first-order valence-electron chi connectivity index (χ1n) is 5.25. The molecule has 17 heavy (non-hydrogen) atoms. The van der Waals surface area contributed by atoms with Crippen molar-refractivity contribution in [1.82, 2.24) is 0 Å². The third-order valence-electron chi connectivity index (χ3n) is 2.48. The quantitative estimate of drug-likeness (QED) is 0.849. The smallest absolute Gasteiger partial charge is 0.159 e. The van der Waals surface area contributed by atoms with E-state index in [0.717, 1.165) is 17.3 Å². The summed E-state index contributed by atoms with van der Waals surface area (Å²) < 4.78 is 25.7. The number of rotatable bonds is 3. The predicted molar refractivity (Wildman–Crippen MR) is 64.6 cm³/mol. The first kappa shape index (κ1) is 11.6. The monoisotopic (exact) mass is 232 g/mol.